The zero-order valence-corrected chi connectivity index (χ0v) is 47.3. The second kappa shape index (κ2) is 46.5. The number of aryl methyl sites for hydroxylation is 1. The molecule has 0 aliphatic rings. The molecule has 1 aromatic carbocycles. The highest BCUT2D eigenvalue weighted by Crippen LogP contribution is 2.28. The third-order valence-electron chi connectivity index (χ3n) is 16.0. The lowest BCUT2D eigenvalue weighted by Gasteiger charge is -2.33. The van der Waals surface area contributed by atoms with Crippen LogP contribution in [0, 0.1) is 17.8 Å². The molecule has 0 saturated carbocycles. The predicted molar refractivity (Wildman–Crippen MR) is 304 cm³/mol. The fourth-order valence-corrected chi connectivity index (χ4v) is 11.3. The number of aromatic nitrogens is 2. The third kappa shape index (κ3) is 38.1. The van der Waals surface area contributed by atoms with Gasteiger partial charge in [0.1, 0.15) is 18.9 Å². The van der Waals surface area contributed by atoms with Gasteiger partial charge in [0.25, 0.3) is 0 Å². The van der Waals surface area contributed by atoms with Crippen molar-refractivity contribution in [3.63, 3.8) is 0 Å². The number of hydrogen-bond acceptors (Lipinski definition) is 1. The van der Waals surface area contributed by atoms with Gasteiger partial charge in [-0.05, 0) is 42.6 Å². The topological polar surface area (TPSA) is 12.1 Å². The largest absolute Gasteiger partial charge is 0.292 e. The normalized spacial score (nSPS) is 12.9. The van der Waals surface area contributed by atoms with Gasteiger partial charge in [-0.25, -0.2) is 9.13 Å². The Morgan fingerprint density at radius 3 is 1.26 bits per heavy atom. The molecule has 2 atom stereocenters. The van der Waals surface area contributed by atoms with E-state index < -0.39 is 0 Å². The van der Waals surface area contributed by atoms with Crippen LogP contribution in [0.5, 0.6) is 0 Å². The first-order chi connectivity index (χ1) is 33.4. The minimum atomic E-state index is 0.658. The third-order valence-corrected chi connectivity index (χ3v) is 16.0. The molecule has 3 heteroatoms. The molecule has 0 radical (unpaired) electrons. The molecule has 0 N–H and O–H groups in total. The van der Waals surface area contributed by atoms with Gasteiger partial charge in [0.15, 0.2) is 0 Å². The molecular formula is C65H122N3+. The summed E-state index contributed by atoms with van der Waals surface area (Å²) in [5.74, 6) is 2.59. The summed E-state index contributed by atoms with van der Waals surface area (Å²) < 4.78 is 4.58. The van der Waals surface area contributed by atoms with Gasteiger partial charge in [0.05, 0.1) is 7.05 Å². The van der Waals surface area contributed by atoms with E-state index in [0.717, 1.165) is 37.4 Å². The van der Waals surface area contributed by atoms with Crippen molar-refractivity contribution >= 4 is 0 Å². The molecule has 2 aromatic rings. The van der Waals surface area contributed by atoms with Gasteiger partial charge >= 0.3 is 0 Å². The van der Waals surface area contributed by atoms with Crippen LogP contribution in [-0.4, -0.2) is 22.1 Å². The summed E-state index contributed by atoms with van der Waals surface area (Å²) in [6.07, 6.45) is 69.1. The van der Waals surface area contributed by atoms with E-state index in [9.17, 15) is 0 Å². The van der Waals surface area contributed by atoms with Crippen LogP contribution in [0.15, 0.2) is 49.1 Å². The second-order valence-corrected chi connectivity index (χ2v) is 23.3. The molecule has 0 saturated heterocycles. The lowest BCUT2D eigenvalue weighted by atomic mass is 9.88. The first-order valence-corrected chi connectivity index (χ1v) is 31.2. The van der Waals surface area contributed by atoms with Crippen molar-refractivity contribution in [2.75, 3.05) is 6.54 Å². The maximum absolute atomic E-state index is 2.89. The number of imidazole rings is 1. The van der Waals surface area contributed by atoms with Crippen molar-refractivity contribution in [1.82, 2.24) is 9.47 Å². The molecule has 0 bridgehead atoms. The molecular weight excluding hydrogens is 823 g/mol. The first-order valence-electron chi connectivity index (χ1n) is 31.2. The molecule has 68 heavy (non-hydrogen) atoms. The van der Waals surface area contributed by atoms with E-state index in [4.69, 9.17) is 0 Å². The van der Waals surface area contributed by atoms with Gasteiger partial charge in [-0.1, -0.05) is 322 Å². The zero-order chi connectivity index (χ0) is 48.8. The monoisotopic (exact) mass is 945 g/mol. The molecule has 0 spiro atoms. The van der Waals surface area contributed by atoms with Crippen LogP contribution in [0.2, 0.25) is 0 Å². The summed E-state index contributed by atoms with van der Waals surface area (Å²) in [5, 5.41) is 0. The van der Waals surface area contributed by atoms with Crippen LogP contribution in [0.1, 0.15) is 316 Å². The Morgan fingerprint density at radius 2 is 0.853 bits per heavy atom. The Hall–Kier alpha value is -1.61. The minimum absolute atomic E-state index is 0.658. The maximum Gasteiger partial charge on any atom is 0.243 e. The van der Waals surface area contributed by atoms with E-state index in [1.807, 2.05) is 0 Å². The van der Waals surface area contributed by atoms with Crippen LogP contribution in [-0.2, 0) is 20.1 Å². The Morgan fingerprint density at radius 1 is 0.441 bits per heavy atom. The van der Waals surface area contributed by atoms with Crippen molar-refractivity contribution in [2.45, 2.75) is 330 Å². The smallest absolute Gasteiger partial charge is 0.243 e. The lowest BCUT2D eigenvalue weighted by molar-refractivity contribution is -0.671. The predicted octanol–water partition coefficient (Wildman–Crippen LogP) is 20.9. The van der Waals surface area contributed by atoms with Crippen LogP contribution in [0.25, 0.3) is 0 Å². The Balaban J connectivity index is 1.86. The van der Waals surface area contributed by atoms with E-state index in [1.165, 1.54) is 282 Å². The SMILES string of the molecule is CCCCCCCCCCCCCCCCCCC(CCCCCCCCCCCCCCCCCC)CCCCC(CCC(C)CCCC(C)C)N(CCn1cc[n+](C)c1)Cc1ccccc1. The molecule has 396 valence electrons. The van der Waals surface area contributed by atoms with Gasteiger partial charge < -0.3 is 0 Å². The minimum Gasteiger partial charge on any atom is -0.292 e. The molecule has 1 heterocycles. The molecule has 0 fully saturated rings. The molecule has 2 unspecified atom stereocenters. The summed E-state index contributed by atoms with van der Waals surface area (Å²) in [4.78, 5) is 2.89. The fourth-order valence-electron chi connectivity index (χ4n) is 11.3. The summed E-state index contributed by atoms with van der Waals surface area (Å²) in [6, 6.07) is 12.0. The number of rotatable bonds is 52. The van der Waals surface area contributed by atoms with Crippen molar-refractivity contribution in [3.05, 3.63) is 54.6 Å². The quantitative estimate of drug-likeness (QED) is 0.0475. The average Bonchev–Trinajstić information content (AvgIpc) is 3.76. The second-order valence-electron chi connectivity index (χ2n) is 23.3. The summed E-state index contributed by atoms with van der Waals surface area (Å²) >= 11 is 0. The number of benzene rings is 1. The number of unbranched alkanes of at least 4 members (excludes halogenated alkanes) is 31. The van der Waals surface area contributed by atoms with Gasteiger partial charge in [-0.15, -0.1) is 0 Å². The van der Waals surface area contributed by atoms with Crippen LogP contribution in [0.3, 0.4) is 0 Å². The highest BCUT2D eigenvalue weighted by atomic mass is 15.2. The molecule has 1 aromatic heterocycles. The fraction of sp³-hybridized carbons (Fsp3) is 0.862. The molecule has 0 amide bonds. The zero-order valence-electron chi connectivity index (χ0n) is 47.3. The standard InChI is InChI=1S/C65H122N3/c1-7-9-11-13-15-17-19-21-23-25-27-29-31-33-35-38-47-63(48-39-36-34-32-30-28-26-24-22-20-18-16-14-12-10-8-2)49-42-43-52-65(54-53-62(5)46-44-45-61(3)4)68(59-64-50-40-37-41-51-64)58-57-67-56-55-66(6)60-67/h37,40-41,50-51,55-56,60-63,65H,7-36,38-39,42-49,52-54,57-59H2,1-6H3/q+1. The van der Waals surface area contributed by atoms with E-state index in [2.05, 4.69) is 105 Å². The number of hydrogen-bond donors (Lipinski definition) is 0. The van der Waals surface area contributed by atoms with E-state index in [1.54, 1.807) is 0 Å². The maximum atomic E-state index is 2.89. The van der Waals surface area contributed by atoms with Gasteiger partial charge in [0, 0.05) is 19.1 Å². The Kier molecular flexibility index (Phi) is 42.7. The van der Waals surface area contributed by atoms with Crippen LogP contribution in [0.4, 0.5) is 0 Å². The average molecular weight is 946 g/mol. The summed E-state index contributed by atoms with van der Waals surface area (Å²) in [6.45, 7) is 15.2. The highest BCUT2D eigenvalue weighted by molar-refractivity contribution is 5.14. The Labute approximate surface area is 428 Å². The van der Waals surface area contributed by atoms with Crippen LogP contribution >= 0.6 is 0 Å². The molecule has 3 nitrogen and oxygen atoms in total. The summed E-state index contributed by atoms with van der Waals surface area (Å²) in [7, 11) is 2.15. The van der Waals surface area contributed by atoms with Crippen molar-refractivity contribution in [3.8, 4) is 0 Å². The number of nitrogens with zero attached hydrogens (tertiary/aromatic N) is 3. The van der Waals surface area contributed by atoms with Crippen LogP contribution < -0.4 is 4.57 Å². The van der Waals surface area contributed by atoms with E-state index in [0.29, 0.717) is 6.04 Å². The van der Waals surface area contributed by atoms with Gasteiger partial charge in [0.2, 0.25) is 6.33 Å². The highest BCUT2D eigenvalue weighted by Gasteiger charge is 2.21. The van der Waals surface area contributed by atoms with Gasteiger partial charge in [-0.2, -0.15) is 0 Å². The van der Waals surface area contributed by atoms with Crippen molar-refractivity contribution in [2.24, 2.45) is 24.8 Å². The van der Waals surface area contributed by atoms with E-state index in [-0.39, 0.29) is 0 Å². The summed E-state index contributed by atoms with van der Waals surface area (Å²) in [5.41, 5.74) is 1.47. The molecule has 2 rings (SSSR count). The Bertz CT molecular complexity index is 1250. The molecule has 0 aliphatic heterocycles. The van der Waals surface area contributed by atoms with E-state index >= 15 is 0 Å². The first kappa shape index (κ1) is 62.5. The van der Waals surface area contributed by atoms with Gasteiger partial charge in [-0.3, -0.25) is 4.90 Å². The van der Waals surface area contributed by atoms with Crippen molar-refractivity contribution in [1.29, 1.82) is 0 Å². The molecule has 0 aliphatic carbocycles. The lowest BCUT2D eigenvalue weighted by Crippen LogP contribution is -2.37. The van der Waals surface area contributed by atoms with Crippen molar-refractivity contribution < 1.29 is 4.57 Å².